The first kappa shape index (κ1) is 64.9. The lowest BCUT2D eigenvalue weighted by Gasteiger charge is -2.39. The molecule has 76 heavy (non-hydrogen) atoms. The van der Waals surface area contributed by atoms with Crippen molar-refractivity contribution in [1.29, 1.82) is 0 Å². The van der Waals surface area contributed by atoms with Crippen molar-refractivity contribution in [3.8, 4) is 5.75 Å². The number of hydrogen-bond donors (Lipinski definition) is 8. The Morgan fingerprint density at radius 3 is 1.99 bits per heavy atom. The summed E-state index contributed by atoms with van der Waals surface area (Å²) in [6.45, 7) is 4.78. The van der Waals surface area contributed by atoms with E-state index in [1.807, 2.05) is 0 Å². The van der Waals surface area contributed by atoms with Crippen LogP contribution in [0.25, 0.3) is 0 Å². The van der Waals surface area contributed by atoms with Crippen molar-refractivity contribution in [2.45, 2.75) is 96.6 Å². The van der Waals surface area contributed by atoms with Crippen molar-refractivity contribution >= 4 is 62.9 Å². The highest BCUT2D eigenvalue weighted by Crippen LogP contribution is 2.31. The van der Waals surface area contributed by atoms with Gasteiger partial charge in [0.15, 0.2) is 0 Å². The van der Waals surface area contributed by atoms with Gasteiger partial charge in [-0.05, 0) is 44.9 Å². The van der Waals surface area contributed by atoms with Gasteiger partial charge in [0, 0.05) is 70.5 Å². The second kappa shape index (κ2) is 33.7. The van der Waals surface area contributed by atoms with E-state index in [-0.39, 0.29) is 109 Å². The van der Waals surface area contributed by atoms with Crippen LogP contribution < -0.4 is 20.7 Å². The first-order chi connectivity index (χ1) is 36.0. The summed E-state index contributed by atoms with van der Waals surface area (Å²) >= 11 is 0. The minimum atomic E-state index is -4.66. The van der Waals surface area contributed by atoms with E-state index >= 15 is 0 Å². The monoisotopic (exact) mass is 1100 g/mol. The van der Waals surface area contributed by atoms with E-state index in [0.29, 0.717) is 31.8 Å². The van der Waals surface area contributed by atoms with Gasteiger partial charge in [-0.2, -0.15) is 8.42 Å². The van der Waals surface area contributed by atoms with E-state index in [9.17, 15) is 71.8 Å². The topological polar surface area (TPSA) is 385 Å². The van der Waals surface area contributed by atoms with Crippen LogP contribution in [0.4, 0.5) is 5.69 Å². The van der Waals surface area contributed by atoms with Crippen molar-refractivity contribution in [3.05, 3.63) is 35.9 Å². The predicted octanol–water partition coefficient (Wildman–Crippen LogP) is -1.88. The number of Topliss-reactive ketones (excluding diaryl/α,β-unsaturated/α-hetero) is 2. The van der Waals surface area contributed by atoms with Crippen LogP contribution >= 0.6 is 0 Å². The van der Waals surface area contributed by atoms with E-state index in [1.165, 1.54) is 30.4 Å². The summed E-state index contributed by atoms with van der Waals surface area (Å²) in [5.74, 6) is -6.59. The summed E-state index contributed by atoms with van der Waals surface area (Å²) in [5.41, 5.74) is -0.357. The molecule has 5 amide bonds. The summed E-state index contributed by atoms with van der Waals surface area (Å²) in [4.78, 5) is 99.3. The summed E-state index contributed by atoms with van der Waals surface area (Å²) in [6.07, 6.45) is -5.79. The van der Waals surface area contributed by atoms with Crippen molar-refractivity contribution in [2.24, 2.45) is 11.3 Å². The molecule has 0 aliphatic carbocycles. The smallest absolute Gasteiger partial charge is 0.311 e. The lowest BCUT2D eigenvalue weighted by molar-refractivity contribution is -0.277. The van der Waals surface area contributed by atoms with Gasteiger partial charge in [-0.25, -0.2) is 0 Å². The SMILES string of the molecule is CC(C)(C)C(=O)OCc1ccc(O[C@@H]2O[C@H](CO)[C@H](O)[C@H](O)[C@@H]2O)c(NC(=O)CCNC(=O)COCCNC(=O)[C@@H](CC(=O)CCOCCOCCOCCOCCCC(=O)CCN2C(=O)C=CC2=O)CS(=O)(=O)O)c1. The zero-order valence-electron chi connectivity index (χ0n) is 42.8. The number of amides is 5. The largest absolute Gasteiger partial charge is 0.460 e. The van der Waals surface area contributed by atoms with E-state index < -0.39 is 119 Å². The van der Waals surface area contributed by atoms with Crippen LogP contribution in [0.3, 0.4) is 0 Å². The quantitative estimate of drug-likeness (QED) is 0.0155. The number of aliphatic hydroxyl groups is 4. The third-order valence-corrected chi connectivity index (χ3v) is 11.8. The van der Waals surface area contributed by atoms with Gasteiger partial charge in [-0.15, -0.1) is 0 Å². The van der Waals surface area contributed by atoms with E-state index in [4.69, 9.17) is 37.9 Å². The number of ketones is 2. The Morgan fingerprint density at radius 2 is 1.37 bits per heavy atom. The molecule has 2 aliphatic rings. The van der Waals surface area contributed by atoms with Gasteiger partial charge in [0.05, 0.1) is 82.2 Å². The molecule has 0 saturated carbocycles. The van der Waals surface area contributed by atoms with Crippen LogP contribution in [0, 0.1) is 11.3 Å². The minimum absolute atomic E-state index is 0.0192. The highest BCUT2D eigenvalue weighted by molar-refractivity contribution is 7.85. The molecule has 0 bridgehead atoms. The average Bonchev–Trinajstić information content (AvgIpc) is 3.68. The van der Waals surface area contributed by atoms with E-state index in [1.54, 1.807) is 20.8 Å². The predicted molar refractivity (Wildman–Crippen MR) is 262 cm³/mol. The average molecular weight is 1110 g/mol. The van der Waals surface area contributed by atoms with Gasteiger partial charge in [0.2, 0.25) is 24.0 Å². The molecule has 0 radical (unpaired) electrons. The van der Waals surface area contributed by atoms with Crippen LogP contribution in [-0.4, -0.2) is 214 Å². The van der Waals surface area contributed by atoms with Crippen LogP contribution in [-0.2, 0) is 88.2 Å². The number of anilines is 1. The first-order valence-corrected chi connectivity index (χ1v) is 26.1. The molecule has 27 nitrogen and oxygen atoms in total. The number of esters is 1. The Balaban J connectivity index is 1.27. The zero-order chi connectivity index (χ0) is 56.3. The Bertz CT molecular complexity index is 2200. The Kier molecular flexibility index (Phi) is 28.8. The molecule has 1 saturated heterocycles. The third-order valence-electron chi connectivity index (χ3n) is 11.0. The standard InChI is InChI=1S/C48H72N4O23S/c1-48(2,3)47(64)73-28-31-6-7-36(74-46-44(62)43(61)42(60)37(27-53)75-46)35(25-31)51-38(56)10-13-49-39(57)29-72-18-14-50-45(63)32(30-76(65,66)67)26-34(55)12-17-69-20-22-71-24-23-70-21-19-68-16-4-5-33(54)11-15-52-40(58)8-9-41(52)59/h6-9,25,32,37,42-44,46,53,60-62H,4-5,10-24,26-30H2,1-3H3,(H,49,57)(H,50,63)(H,51,56)(H,65,66,67)/t32-,37+,42-,43-,44-,46+/m0/s1. The van der Waals surface area contributed by atoms with Crippen molar-refractivity contribution in [2.75, 3.05) is 103 Å². The molecular weight excluding hydrogens is 1030 g/mol. The molecule has 1 aromatic rings. The highest BCUT2D eigenvalue weighted by atomic mass is 32.2. The number of benzene rings is 1. The molecule has 0 unspecified atom stereocenters. The number of nitrogens with zero attached hydrogens (tertiary/aromatic N) is 1. The van der Waals surface area contributed by atoms with Gasteiger partial charge in [0.1, 0.15) is 54.9 Å². The fourth-order valence-corrected chi connectivity index (χ4v) is 7.63. The normalized spacial score (nSPS) is 19.1. The molecule has 0 spiro atoms. The minimum Gasteiger partial charge on any atom is -0.460 e. The van der Waals surface area contributed by atoms with Gasteiger partial charge in [-0.1, -0.05) is 6.07 Å². The van der Waals surface area contributed by atoms with Gasteiger partial charge in [0.25, 0.3) is 21.9 Å². The van der Waals surface area contributed by atoms with Crippen molar-refractivity contribution < 1.29 is 110 Å². The third kappa shape index (κ3) is 25.2. The summed E-state index contributed by atoms with van der Waals surface area (Å²) in [6, 6.07) is 4.30. The highest BCUT2D eigenvalue weighted by Gasteiger charge is 2.45. The molecule has 2 aliphatic heterocycles. The fourth-order valence-electron chi connectivity index (χ4n) is 6.85. The number of nitrogens with one attached hydrogen (secondary N) is 3. The molecule has 8 N–H and O–H groups in total. The number of imide groups is 1. The number of aliphatic hydroxyl groups excluding tert-OH is 4. The molecule has 1 aromatic carbocycles. The number of hydrogen-bond acceptors (Lipinski definition) is 22. The summed E-state index contributed by atoms with van der Waals surface area (Å²) in [5, 5.41) is 47.9. The second-order valence-corrected chi connectivity index (χ2v) is 19.9. The van der Waals surface area contributed by atoms with Crippen LogP contribution in [0.15, 0.2) is 30.4 Å². The van der Waals surface area contributed by atoms with Crippen molar-refractivity contribution in [3.63, 3.8) is 0 Å². The van der Waals surface area contributed by atoms with Gasteiger partial charge >= 0.3 is 5.97 Å². The molecule has 28 heteroatoms. The number of carbonyl (C=O) groups excluding carboxylic acids is 8. The lowest BCUT2D eigenvalue weighted by atomic mass is 9.97. The molecular formula is C48H72N4O23S. The van der Waals surface area contributed by atoms with Gasteiger partial charge in [-0.3, -0.25) is 47.8 Å². The number of carbonyl (C=O) groups is 8. The van der Waals surface area contributed by atoms with E-state index in [2.05, 4.69) is 16.0 Å². The Morgan fingerprint density at radius 1 is 0.737 bits per heavy atom. The molecule has 6 atom stereocenters. The van der Waals surface area contributed by atoms with E-state index in [0.717, 1.165) is 4.90 Å². The molecule has 3 rings (SSSR count). The molecule has 428 valence electrons. The maximum Gasteiger partial charge on any atom is 0.311 e. The second-order valence-electron chi connectivity index (χ2n) is 18.4. The Labute approximate surface area is 439 Å². The maximum absolute atomic E-state index is 13.0. The first-order valence-electron chi connectivity index (χ1n) is 24.5. The zero-order valence-corrected chi connectivity index (χ0v) is 43.7. The van der Waals surface area contributed by atoms with Gasteiger partial charge < -0.3 is 74.3 Å². The molecule has 1 fully saturated rings. The fraction of sp³-hybridized carbons (Fsp3) is 0.667. The maximum atomic E-state index is 13.0. The lowest BCUT2D eigenvalue weighted by Crippen LogP contribution is -2.60. The molecule has 2 heterocycles. The molecule has 0 aromatic heterocycles. The van der Waals surface area contributed by atoms with Crippen LogP contribution in [0.1, 0.15) is 64.9 Å². The van der Waals surface area contributed by atoms with Crippen LogP contribution in [0.5, 0.6) is 5.75 Å². The van der Waals surface area contributed by atoms with Crippen LogP contribution in [0.2, 0.25) is 0 Å². The summed E-state index contributed by atoms with van der Waals surface area (Å²) in [7, 11) is -4.66. The number of ether oxygens (including phenoxy) is 8. The summed E-state index contributed by atoms with van der Waals surface area (Å²) < 4.78 is 76.1. The van der Waals surface area contributed by atoms with Crippen molar-refractivity contribution in [1.82, 2.24) is 15.5 Å². The Hall–Kier alpha value is -5.37. The number of rotatable bonds is 38.